The highest BCUT2D eigenvalue weighted by Gasteiger charge is 2.24. The zero-order valence-electron chi connectivity index (χ0n) is 10.3. The molecular formula is C12H14N2O5. The Morgan fingerprint density at radius 3 is 2.74 bits per heavy atom. The van der Waals surface area contributed by atoms with Crippen LogP contribution in [0.3, 0.4) is 0 Å². The van der Waals surface area contributed by atoms with Crippen LogP contribution in [0.15, 0.2) is 18.3 Å². The van der Waals surface area contributed by atoms with E-state index in [9.17, 15) is 14.4 Å². The van der Waals surface area contributed by atoms with E-state index in [1.807, 2.05) is 0 Å². The van der Waals surface area contributed by atoms with E-state index in [0.717, 1.165) is 0 Å². The van der Waals surface area contributed by atoms with Crippen LogP contribution >= 0.6 is 0 Å². The Kier molecular flexibility index (Phi) is 5.13. The van der Waals surface area contributed by atoms with Gasteiger partial charge < -0.3 is 15.6 Å². The molecule has 0 saturated heterocycles. The zero-order valence-corrected chi connectivity index (χ0v) is 10.3. The van der Waals surface area contributed by atoms with Gasteiger partial charge in [0.25, 0.3) is 0 Å². The number of carbonyl (C=O) groups is 3. The largest absolute Gasteiger partial charge is 0.481 e. The Bertz CT molecular complexity index is 501. The van der Waals surface area contributed by atoms with Crippen LogP contribution in [0.25, 0.3) is 0 Å². The first-order chi connectivity index (χ1) is 8.95. The molecule has 7 nitrogen and oxygen atoms in total. The first-order valence-corrected chi connectivity index (χ1v) is 5.63. The number of carboxylic acids is 1. The highest BCUT2D eigenvalue weighted by atomic mass is 16.5. The van der Waals surface area contributed by atoms with Gasteiger partial charge in [0.1, 0.15) is 0 Å². The van der Waals surface area contributed by atoms with E-state index in [2.05, 4.69) is 4.98 Å². The molecule has 0 aliphatic heterocycles. The van der Waals surface area contributed by atoms with Crippen molar-refractivity contribution in [3.63, 3.8) is 0 Å². The van der Waals surface area contributed by atoms with Crippen molar-refractivity contribution >= 4 is 17.7 Å². The molecule has 1 aromatic heterocycles. The molecule has 3 N–H and O–H groups in total. The third-order valence-corrected chi connectivity index (χ3v) is 2.25. The van der Waals surface area contributed by atoms with Crippen molar-refractivity contribution in [1.82, 2.24) is 4.98 Å². The molecule has 0 aromatic carbocycles. The van der Waals surface area contributed by atoms with Crippen molar-refractivity contribution in [2.24, 2.45) is 5.73 Å². The van der Waals surface area contributed by atoms with E-state index in [1.165, 1.54) is 18.3 Å². The Labute approximate surface area is 109 Å². The summed E-state index contributed by atoms with van der Waals surface area (Å²) >= 11 is 0. The molecule has 0 aliphatic carbocycles. The van der Waals surface area contributed by atoms with Crippen LogP contribution in [0.4, 0.5) is 0 Å². The average Bonchev–Trinajstić information content (AvgIpc) is 2.37. The van der Waals surface area contributed by atoms with Crippen molar-refractivity contribution in [3.05, 3.63) is 24.0 Å². The molecule has 0 bridgehead atoms. The van der Waals surface area contributed by atoms with Crippen molar-refractivity contribution in [2.45, 2.75) is 25.8 Å². The summed E-state index contributed by atoms with van der Waals surface area (Å²) in [5.74, 6) is -2.40. The first kappa shape index (κ1) is 14.8. The van der Waals surface area contributed by atoms with Gasteiger partial charge in [-0.1, -0.05) is 6.92 Å². The molecular weight excluding hydrogens is 252 g/mol. The van der Waals surface area contributed by atoms with Gasteiger partial charge in [0.05, 0.1) is 12.5 Å². The van der Waals surface area contributed by atoms with Gasteiger partial charge in [-0.05, 0) is 12.1 Å². The Morgan fingerprint density at radius 2 is 2.16 bits per heavy atom. The number of hydrogen-bond acceptors (Lipinski definition) is 6. The van der Waals surface area contributed by atoms with Gasteiger partial charge in [0.2, 0.25) is 5.78 Å². The Hall–Kier alpha value is -2.28. The second-order valence-electron chi connectivity index (χ2n) is 3.75. The molecule has 1 unspecified atom stereocenters. The maximum Gasteiger partial charge on any atom is 0.310 e. The maximum absolute atomic E-state index is 11.9. The van der Waals surface area contributed by atoms with Crippen LogP contribution in [0.5, 0.6) is 5.75 Å². The van der Waals surface area contributed by atoms with Gasteiger partial charge in [0.15, 0.2) is 11.4 Å². The molecule has 0 aliphatic rings. The van der Waals surface area contributed by atoms with Crippen LogP contribution in [0, 0.1) is 0 Å². The number of ether oxygens (including phenoxy) is 1. The quantitative estimate of drug-likeness (QED) is 0.564. The minimum Gasteiger partial charge on any atom is -0.481 e. The van der Waals surface area contributed by atoms with Gasteiger partial charge in [-0.3, -0.25) is 14.4 Å². The second kappa shape index (κ2) is 6.60. The molecule has 0 amide bonds. The van der Waals surface area contributed by atoms with E-state index < -0.39 is 30.2 Å². The SMILES string of the molecule is CCC(=O)Oc1cccnc1C(=O)C(N)CC(=O)O. The van der Waals surface area contributed by atoms with Gasteiger partial charge in [-0.2, -0.15) is 0 Å². The standard InChI is InChI=1S/C12H14N2O5/c1-2-10(17)19-8-4-3-5-14-11(8)12(18)7(13)6-9(15)16/h3-5,7H,2,6,13H2,1H3,(H,15,16). The lowest BCUT2D eigenvalue weighted by atomic mass is 10.1. The fourth-order valence-corrected chi connectivity index (χ4v) is 1.31. The molecule has 7 heteroatoms. The lowest BCUT2D eigenvalue weighted by Gasteiger charge is -2.11. The number of pyridine rings is 1. The summed E-state index contributed by atoms with van der Waals surface area (Å²) in [5.41, 5.74) is 5.33. The van der Waals surface area contributed by atoms with Crippen LogP contribution in [0.2, 0.25) is 0 Å². The topological polar surface area (TPSA) is 120 Å². The summed E-state index contributed by atoms with van der Waals surface area (Å²) < 4.78 is 4.95. The van der Waals surface area contributed by atoms with E-state index in [4.69, 9.17) is 15.6 Å². The summed E-state index contributed by atoms with van der Waals surface area (Å²) in [6.45, 7) is 1.61. The smallest absolute Gasteiger partial charge is 0.310 e. The number of nitrogens with two attached hydrogens (primary N) is 1. The summed E-state index contributed by atoms with van der Waals surface area (Å²) in [5, 5.41) is 8.59. The van der Waals surface area contributed by atoms with Crippen LogP contribution in [-0.2, 0) is 9.59 Å². The summed E-state index contributed by atoms with van der Waals surface area (Å²) in [6.07, 6.45) is 0.963. The maximum atomic E-state index is 11.9. The molecule has 1 rings (SSSR count). The van der Waals surface area contributed by atoms with Crippen LogP contribution < -0.4 is 10.5 Å². The number of aromatic nitrogens is 1. The zero-order chi connectivity index (χ0) is 14.4. The van der Waals surface area contributed by atoms with Gasteiger partial charge in [0, 0.05) is 12.6 Å². The molecule has 1 atom stereocenters. The van der Waals surface area contributed by atoms with Crippen LogP contribution in [0.1, 0.15) is 30.3 Å². The highest BCUT2D eigenvalue weighted by molar-refractivity contribution is 6.02. The van der Waals surface area contributed by atoms with Gasteiger partial charge >= 0.3 is 11.9 Å². The van der Waals surface area contributed by atoms with E-state index in [0.29, 0.717) is 0 Å². The number of carboxylic acid groups (broad SMARTS) is 1. The minimum atomic E-state index is -1.23. The molecule has 0 saturated carbocycles. The average molecular weight is 266 g/mol. The molecule has 0 spiro atoms. The lowest BCUT2D eigenvalue weighted by molar-refractivity contribution is -0.137. The number of aliphatic carboxylic acids is 1. The molecule has 0 fully saturated rings. The fraction of sp³-hybridized carbons (Fsp3) is 0.333. The second-order valence-corrected chi connectivity index (χ2v) is 3.75. The molecule has 1 heterocycles. The molecule has 19 heavy (non-hydrogen) atoms. The van der Waals surface area contributed by atoms with Crippen LogP contribution in [-0.4, -0.2) is 33.9 Å². The molecule has 102 valence electrons. The number of esters is 1. The monoisotopic (exact) mass is 266 g/mol. The molecule has 0 radical (unpaired) electrons. The Morgan fingerprint density at radius 1 is 1.47 bits per heavy atom. The fourth-order valence-electron chi connectivity index (χ4n) is 1.31. The van der Waals surface area contributed by atoms with E-state index >= 15 is 0 Å². The predicted octanol–water partition coefficient (Wildman–Crippen LogP) is 0.382. The minimum absolute atomic E-state index is 0.0137. The van der Waals surface area contributed by atoms with Gasteiger partial charge in [-0.25, -0.2) is 4.98 Å². The number of Topliss-reactive ketones (excluding diaryl/α,β-unsaturated/α-hetero) is 1. The predicted molar refractivity (Wildman–Crippen MR) is 64.7 cm³/mol. The number of carbonyl (C=O) groups excluding carboxylic acids is 2. The summed E-state index contributed by atoms with van der Waals surface area (Å²) in [7, 11) is 0. The normalized spacial score (nSPS) is 11.7. The number of nitrogens with zero attached hydrogens (tertiary/aromatic N) is 1. The van der Waals surface area contributed by atoms with Crippen molar-refractivity contribution < 1.29 is 24.2 Å². The van der Waals surface area contributed by atoms with Crippen molar-refractivity contribution in [3.8, 4) is 5.75 Å². The molecule has 1 aromatic rings. The lowest BCUT2D eigenvalue weighted by Crippen LogP contribution is -2.33. The summed E-state index contributed by atoms with van der Waals surface area (Å²) in [4.78, 5) is 37.5. The first-order valence-electron chi connectivity index (χ1n) is 5.63. The number of hydrogen-bond donors (Lipinski definition) is 2. The number of rotatable bonds is 6. The number of ketones is 1. The van der Waals surface area contributed by atoms with Crippen molar-refractivity contribution in [2.75, 3.05) is 0 Å². The van der Waals surface area contributed by atoms with E-state index in [1.54, 1.807) is 6.92 Å². The highest BCUT2D eigenvalue weighted by Crippen LogP contribution is 2.18. The third-order valence-electron chi connectivity index (χ3n) is 2.25. The van der Waals surface area contributed by atoms with Crippen molar-refractivity contribution in [1.29, 1.82) is 0 Å². The van der Waals surface area contributed by atoms with Gasteiger partial charge in [-0.15, -0.1) is 0 Å². The third kappa shape index (κ3) is 4.14. The van der Waals surface area contributed by atoms with E-state index in [-0.39, 0.29) is 17.9 Å². The summed E-state index contributed by atoms with van der Waals surface area (Å²) in [6, 6.07) is 1.67. The Balaban J connectivity index is 2.96.